The van der Waals surface area contributed by atoms with Gasteiger partial charge in [-0.15, -0.1) is 0 Å². The summed E-state index contributed by atoms with van der Waals surface area (Å²) in [4.78, 5) is 34.1. The van der Waals surface area contributed by atoms with Crippen LogP contribution in [0, 0.1) is 19.8 Å². The molecule has 6 nitrogen and oxygen atoms in total. The maximum atomic E-state index is 13.8. The average Bonchev–Trinajstić information content (AvgIpc) is 2.85. The quantitative estimate of drug-likeness (QED) is 0.280. The number of fused-ring (bicyclic) bond motifs is 1. The van der Waals surface area contributed by atoms with Crippen LogP contribution in [0.5, 0.6) is 0 Å². The Morgan fingerprint density at radius 2 is 1.73 bits per heavy atom. The zero-order valence-electron chi connectivity index (χ0n) is 22.0. The molecule has 0 aliphatic heterocycles. The van der Waals surface area contributed by atoms with Crippen molar-refractivity contribution in [3.63, 3.8) is 0 Å². The summed E-state index contributed by atoms with van der Waals surface area (Å²) >= 11 is 6.26. The summed E-state index contributed by atoms with van der Waals surface area (Å²) in [5.41, 5.74) is 3.82. The molecule has 0 spiro atoms. The van der Waals surface area contributed by atoms with Crippen LogP contribution in [0.25, 0.3) is 16.6 Å². The topological polar surface area (TPSA) is 67.2 Å². The summed E-state index contributed by atoms with van der Waals surface area (Å²) in [6.07, 6.45) is 0.805. The summed E-state index contributed by atoms with van der Waals surface area (Å²) in [7, 11) is 0. The van der Waals surface area contributed by atoms with Crippen LogP contribution in [0.15, 0.2) is 71.5 Å². The van der Waals surface area contributed by atoms with Crippen molar-refractivity contribution in [1.29, 1.82) is 0 Å². The minimum Gasteiger partial charge on any atom is -0.315 e. The second-order valence-corrected chi connectivity index (χ2v) is 10.3. The van der Waals surface area contributed by atoms with Crippen LogP contribution in [0.3, 0.4) is 0 Å². The maximum absolute atomic E-state index is 13.8. The van der Waals surface area contributed by atoms with Crippen molar-refractivity contribution in [2.24, 2.45) is 5.92 Å². The lowest BCUT2D eigenvalue weighted by Crippen LogP contribution is -2.41. The van der Waals surface area contributed by atoms with Gasteiger partial charge in [-0.3, -0.25) is 9.36 Å². The molecule has 0 saturated carbocycles. The van der Waals surface area contributed by atoms with E-state index in [9.17, 15) is 9.59 Å². The number of carbonyl (C=O) groups is 1. The van der Waals surface area contributed by atoms with Crippen molar-refractivity contribution in [3.05, 3.63) is 99.1 Å². The molecule has 2 amide bonds. The first-order valence-electron chi connectivity index (χ1n) is 12.6. The fraction of sp³-hybridized carbons (Fsp3) is 0.300. The Balaban J connectivity index is 1.86. The Labute approximate surface area is 222 Å². The summed E-state index contributed by atoms with van der Waals surface area (Å²) < 4.78 is 1.61. The number of para-hydroxylation sites is 1. The minimum atomic E-state index is -0.500. The second-order valence-electron chi connectivity index (χ2n) is 9.90. The lowest BCUT2D eigenvalue weighted by Gasteiger charge is -2.31. The van der Waals surface area contributed by atoms with Crippen molar-refractivity contribution in [2.45, 2.75) is 47.1 Å². The van der Waals surface area contributed by atoms with Crippen LogP contribution in [-0.2, 0) is 0 Å². The highest BCUT2D eigenvalue weighted by molar-refractivity contribution is 6.31. The van der Waals surface area contributed by atoms with Gasteiger partial charge in [-0.05, 0) is 75.1 Å². The molecule has 1 N–H and O–H groups in total. The molecule has 1 heterocycles. The van der Waals surface area contributed by atoms with Crippen LogP contribution < -0.4 is 10.9 Å². The van der Waals surface area contributed by atoms with Gasteiger partial charge in [-0.25, -0.2) is 9.78 Å². The molecule has 7 heteroatoms. The number of benzene rings is 3. The van der Waals surface area contributed by atoms with Crippen LogP contribution >= 0.6 is 11.6 Å². The van der Waals surface area contributed by atoms with Crippen molar-refractivity contribution in [1.82, 2.24) is 14.5 Å². The second kappa shape index (κ2) is 11.2. The van der Waals surface area contributed by atoms with Crippen LogP contribution in [0.2, 0.25) is 5.02 Å². The number of hydrogen-bond acceptors (Lipinski definition) is 3. The number of aryl methyl sites for hydroxylation is 2. The van der Waals surface area contributed by atoms with Gasteiger partial charge in [-0.1, -0.05) is 61.3 Å². The Bertz CT molecular complexity index is 1480. The molecule has 37 heavy (non-hydrogen) atoms. The maximum Gasteiger partial charge on any atom is 0.322 e. The van der Waals surface area contributed by atoms with Gasteiger partial charge >= 0.3 is 6.03 Å². The summed E-state index contributed by atoms with van der Waals surface area (Å²) in [6, 6.07) is 19.8. The molecule has 1 atom stereocenters. The largest absolute Gasteiger partial charge is 0.322 e. The number of halogens is 1. The Morgan fingerprint density at radius 3 is 2.41 bits per heavy atom. The molecule has 0 saturated heterocycles. The number of amides is 2. The van der Waals surface area contributed by atoms with Crippen LogP contribution in [0.1, 0.15) is 50.2 Å². The third kappa shape index (κ3) is 5.86. The average molecular weight is 517 g/mol. The third-order valence-electron chi connectivity index (χ3n) is 6.59. The van der Waals surface area contributed by atoms with Gasteiger partial charge in [0.1, 0.15) is 5.82 Å². The van der Waals surface area contributed by atoms with E-state index < -0.39 is 6.04 Å². The van der Waals surface area contributed by atoms with E-state index in [1.165, 1.54) is 0 Å². The van der Waals surface area contributed by atoms with E-state index in [4.69, 9.17) is 16.6 Å². The van der Waals surface area contributed by atoms with Crippen molar-refractivity contribution in [2.75, 3.05) is 11.9 Å². The predicted octanol–water partition coefficient (Wildman–Crippen LogP) is 7.30. The number of rotatable bonds is 7. The molecule has 0 fully saturated rings. The molecule has 0 aliphatic carbocycles. The SMILES string of the molecule is Cc1ccc(-n2c(C(C)N(CCC(C)C)C(=O)Nc3ccccc3C)nc3cc(Cl)ccc3c2=O)cc1. The smallest absolute Gasteiger partial charge is 0.315 e. The number of urea groups is 1. The molecule has 1 unspecified atom stereocenters. The van der Waals surface area contributed by atoms with E-state index in [0.29, 0.717) is 39.9 Å². The van der Waals surface area contributed by atoms with E-state index in [1.54, 1.807) is 27.7 Å². The first-order valence-corrected chi connectivity index (χ1v) is 13.0. The summed E-state index contributed by atoms with van der Waals surface area (Å²) in [5.74, 6) is 0.871. The summed E-state index contributed by atoms with van der Waals surface area (Å²) in [6.45, 7) is 10.6. The molecule has 3 aromatic carbocycles. The van der Waals surface area contributed by atoms with Crippen molar-refractivity contribution in [3.8, 4) is 5.69 Å². The highest BCUT2D eigenvalue weighted by Gasteiger charge is 2.27. The highest BCUT2D eigenvalue weighted by Crippen LogP contribution is 2.26. The normalized spacial score (nSPS) is 12.1. The number of aromatic nitrogens is 2. The van der Waals surface area contributed by atoms with E-state index in [2.05, 4.69) is 19.2 Å². The molecular formula is C30H33ClN4O2. The summed E-state index contributed by atoms with van der Waals surface area (Å²) in [5, 5.41) is 4.03. The Morgan fingerprint density at radius 1 is 1.03 bits per heavy atom. The van der Waals surface area contributed by atoms with Gasteiger partial charge in [0.15, 0.2) is 0 Å². The molecule has 192 valence electrons. The molecule has 0 aliphatic rings. The number of carbonyl (C=O) groups excluding carboxylic acids is 1. The number of anilines is 1. The standard InChI is InChI=1S/C30H33ClN4O2/c1-19(2)16-17-34(30(37)33-26-9-7-6-8-21(26)4)22(5)28-32-27-18-23(31)12-15-25(27)29(36)35(28)24-13-10-20(3)11-14-24/h6-15,18-19,22H,16-17H2,1-5H3,(H,33,37). The van der Waals surface area contributed by atoms with E-state index >= 15 is 0 Å². The van der Waals surface area contributed by atoms with Gasteiger partial charge in [-0.2, -0.15) is 0 Å². The minimum absolute atomic E-state index is 0.199. The number of nitrogens with zero attached hydrogens (tertiary/aromatic N) is 3. The molecule has 0 radical (unpaired) electrons. The molecule has 4 aromatic rings. The third-order valence-corrected chi connectivity index (χ3v) is 6.82. The lowest BCUT2D eigenvalue weighted by molar-refractivity contribution is 0.185. The lowest BCUT2D eigenvalue weighted by atomic mass is 10.1. The van der Waals surface area contributed by atoms with Crippen molar-refractivity contribution < 1.29 is 4.79 Å². The molecular weight excluding hydrogens is 484 g/mol. The highest BCUT2D eigenvalue weighted by atomic mass is 35.5. The molecule has 1 aromatic heterocycles. The van der Waals surface area contributed by atoms with Gasteiger partial charge in [0, 0.05) is 17.3 Å². The Hall–Kier alpha value is -3.64. The fourth-order valence-corrected chi connectivity index (χ4v) is 4.47. The monoisotopic (exact) mass is 516 g/mol. The Kier molecular flexibility index (Phi) is 7.98. The van der Waals surface area contributed by atoms with Gasteiger partial charge < -0.3 is 10.2 Å². The molecule has 0 bridgehead atoms. The van der Waals surface area contributed by atoms with Crippen LogP contribution in [-0.4, -0.2) is 27.0 Å². The zero-order valence-corrected chi connectivity index (χ0v) is 22.7. The number of hydrogen-bond donors (Lipinski definition) is 1. The van der Waals surface area contributed by atoms with E-state index in [-0.39, 0.29) is 11.6 Å². The van der Waals surface area contributed by atoms with Gasteiger partial charge in [0.2, 0.25) is 0 Å². The van der Waals surface area contributed by atoms with Crippen LogP contribution in [0.4, 0.5) is 10.5 Å². The van der Waals surface area contributed by atoms with Crippen molar-refractivity contribution >= 4 is 34.2 Å². The van der Waals surface area contributed by atoms with Gasteiger partial charge in [0.25, 0.3) is 5.56 Å². The zero-order chi connectivity index (χ0) is 26.7. The molecule has 4 rings (SSSR count). The number of nitrogens with one attached hydrogen (secondary N) is 1. The van der Waals surface area contributed by atoms with Gasteiger partial charge in [0.05, 0.1) is 22.6 Å². The first kappa shape index (κ1) is 26.4. The van der Waals surface area contributed by atoms with E-state index in [0.717, 1.165) is 23.2 Å². The first-order chi connectivity index (χ1) is 17.7. The predicted molar refractivity (Wildman–Crippen MR) is 152 cm³/mol. The fourth-order valence-electron chi connectivity index (χ4n) is 4.31. The van der Waals surface area contributed by atoms with E-state index in [1.807, 2.05) is 69.3 Å².